The lowest BCUT2D eigenvalue weighted by Crippen LogP contribution is -2.40. The van der Waals surface area contributed by atoms with Gasteiger partial charge in [0.05, 0.1) is 46.6 Å². The van der Waals surface area contributed by atoms with Crippen LogP contribution in [0.2, 0.25) is 0 Å². The van der Waals surface area contributed by atoms with Crippen molar-refractivity contribution in [1.82, 2.24) is 4.57 Å². The Labute approximate surface area is 290 Å². The Bertz CT molecular complexity index is 2070. The van der Waals surface area contributed by atoms with Gasteiger partial charge in [-0.25, -0.2) is 14.6 Å². The quantitative estimate of drug-likeness (QED) is 0.178. The van der Waals surface area contributed by atoms with Crippen molar-refractivity contribution in [2.45, 2.75) is 40.3 Å². The summed E-state index contributed by atoms with van der Waals surface area (Å²) in [6.45, 7) is 7.87. The number of methoxy groups -OCH3 is 1. The molecule has 0 N–H and O–H groups in total. The first-order chi connectivity index (χ1) is 23.1. The summed E-state index contributed by atoms with van der Waals surface area (Å²) in [6, 6.07) is 17.9. The van der Waals surface area contributed by atoms with Gasteiger partial charge in [-0.3, -0.25) is 9.36 Å². The van der Waals surface area contributed by atoms with Crippen LogP contribution in [0, 0.1) is 6.92 Å². The number of nitrogens with zero attached hydrogens (tertiary/aromatic N) is 2. The molecule has 10 nitrogen and oxygen atoms in total. The molecule has 12 heteroatoms. The Balaban J connectivity index is 1.54. The monoisotopic (exact) mass is 734 g/mol. The molecule has 0 amide bonds. The molecular formula is C36H35BrN2O8S. The van der Waals surface area contributed by atoms with Crippen LogP contribution in [0.3, 0.4) is 0 Å². The van der Waals surface area contributed by atoms with E-state index in [0.29, 0.717) is 51.1 Å². The number of fused-ring (bicyclic) bond motifs is 1. The zero-order valence-corrected chi connectivity index (χ0v) is 29.6. The predicted octanol–water partition coefficient (Wildman–Crippen LogP) is 5.40. The van der Waals surface area contributed by atoms with E-state index in [0.717, 1.165) is 21.2 Å². The number of carbonyl (C=O) groups is 2. The van der Waals surface area contributed by atoms with Crippen molar-refractivity contribution in [2.75, 3.05) is 26.9 Å². The lowest BCUT2D eigenvalue weighted by atomic mass is 9.95. The zero-order chi connectivity index (χ0) is 34.4. The van der Waals surface area contributed by atoms with Crippen molar-refractivity contribution in [3.05, 3.63) is 118 Å². The van der Waals surface area contributed by atoms with Crippen LogP contribution < -0.4 is 29.1 Å². The number of aryl methyl sites for hydroxylation is 1. The van der Waals surface area contributed by atoms with E-state index < -0.39 is 18.0 Å². The fourth-order valence-corrected chi connectivity index (χ4v) is 6.78. The third kappa shape index (κ3) is 7.71. The van der Waals surface area contributed by atoms with E-state index in [1.54, 1.807) is 38.1 Å². The Kier molecular flexibility index (Phi) is 11.2. The highest BCUT2D eigenvalue weighted by molar-refractivity contribution is 9.10. The molecule has 0 fully saturated rings. The number of halogens is 1. The summed E-state index contributed by atoms with van der Waals surface area (Å²) in [6.07, 6.45) is 1.79. The fraction of sp³-hybridized carbons (Fsp3) is 0.278. The van der Waals surface area contributed by atoms with Crippen LogP contribution in [0.1, 0.15) is 49.1 Å². The zero-order valence-electron chi connectivity index (χ0n) is 27.2. The molecular weight excluding hydrogens is 700 g/mol. The largest absolute Gasteiger partial charge is 0.490 e. The number of ether oxygens (including phenoxy) is 5. The number of esters is 2. The molecule has 5 rings (SSSR count). The third-order valence-corrected chi connectivity index (χ3v) is 9.01. The topological polar surface area (TPSA) is 115 Å². The molecule has 2 heterocycles. The van der Waals surface area contributed by atoms with Gasteiger partial charge in [-0.05, 0) is 90.7 Å². The molecule has 0 bridgehead atoms. The second-order valence-corrected chi connectivity index (χ2v) is 12.6. The summed E-state index contributed by atoms with van der Waals surface area (Å²) in [5, 5.41) is 0. The van der Waals surface area contributed by atoms with Crippen molar-refractivity contribution >= 4 is 45.3 Å². The van der Waals surface area contributed by atoms with Gasteiger partial charge >= 0.3 is 11.9 Å². The number of benzene rings is 3. The molecule has 1 atom stereocenters. The van der Waals surface area contributed by atoms with E-state index in [1.165, 1.54) is 23.0 Å². The maximum Gasteiger partial charge on any atom is 0.343 e. The molecule has 0 aliphatic carbocycles. The molecule has 1 aromatic heterocycles. The van der Waals surface area contributed by atoms with E-state index >= 15 is 0 Å². The van der Waals surface area contributed by atoms with Crippen LogP contribution in [-0.2, 0) is 25.7 Å². The molecule has 3 aromatic carbocycles. The van der Waals surface area contributed by atoms with Crippen molar-refractivity contribution in [3.63, 3.8) is 0 Å². The molecule has 1 aliphatic rings. The second kappa shape index (κ2) is 15.5. The van der Waals surface area contributed by atoms with Crippen LogP contribution in [-0.4, -0.2) is 43.4 Å². The van der Waals surface area contributed by atoms with Gasteiger partial charge in [0, 0.05) is 0 Å². The Morgan fingerprint density at radius 2 is 1.75 bits per heavy atom. The molecule has 0 unspecified atom stereocenters. The van der Waals surface area contributed by atoms with E-state index in [2.05, 4.69) is 31.7 Å². The minimum absolute atomic E-state index is 0.150. The van der Waals surface area contributed by atoms with E-state index in [-0.39, 0.29) is 24.3 Å². The highest BCUT2D eigenvalue weighted by atomic mass is 79.9. The molecule has 4 aromatic rings. The predicted molar refractivity (Wildman–Crippen MR) is 185 cm³/mol. The minimum atomic E-state index is -0.861. The van der Waals surface area contributed by atoms with Gasteiger partial charge in [0.25, 0.3) is 5.56 Å². The molecule has 0 spiro atoms. The summed E-state index contributed by atoms with van der Waals surface area (Å²) in [5.74, 6) is 0.205. The Hall–Kier alpha value is -4.68. The van der Waals surface area contributed by atoms with Crippen LogP contribution in [0.15, 0.2) is 86.2 Å². The lowest BCUT2D eigenvalue weighted by molar-refractivity contribution is -0.143. The number of allylic oxidation sites excluding steroid dienone is 1. The van der Waals surface area contributed by atoms with E-state index in [9.17, 15) is 14.4 Å². The summed E-state index contributed by atoms with van der Waals surface area (Å²) in [7, 11) is 1.27. The molecule has 0 saturated carbocycles. The number of carbonyl (C=O) groups excluding carboxylic acids is 2. The highest BCUT2D eigenvalue weighted by Gasteiger charge is 2.34. The lowest BCUT2D eigenvalue weighted by Gasteiger charge is -2.25. The number of hydrogen-bond donors (Lipinski definition) is 0. The summed E-state index contributed by atoms with van der Waals surface area (Å²) in [4.78, 5) is 44.3. The van der Waals surface area contributed by atoms with Crippen molar-refractivity contribution in [2.24, 2.45) is 4.99 Å². The number of thiazole rings is 1. The second-order valence-electron chi connectivity index (χ2n) is 10.8. The smallest absolute Gasteiger partial charge is 0.343 e. The Morgan fingerprint density at radius 1 is 0.958 bits per heavy atom. The summed E-state index contributed by atoms with van der Waals surface area (Å²) >= 11 is 4.83. The van der Waals surface area contributed by atoms with E-state index in [4.69, 9.17) is 18.9 Å². The summed E-state index contributed by atoms with van der Waals surface area (Å²) < 4.78 is 30.3. The molecule has 0 saturated heterocycles. The van der Waals surface area contributed by atoms with Gasteiger partial charge in [0.15, 0.2) is 22.9 Å². The average Bonchev–Trinajstić information content (AvgIpc) is 3.36. The number of hydrogen-bond acceptors (Lipinski definition) is 10. The molecule has 0 radical (unpaired) electrons. The van der Waals surface area contributed by atoms with Gasteiger partial charge in [0.1, 0.15) is 12.4 Å². The van der Waals surface area contributed by atoms with Crippen molar-refractivity contribution in [3.8, 4) is 17.2 Å². The number of rotatable bonds is 12. The van der Waals surface area contributed by atoms with Crippen LogP contribution in [0.4, 0.5) is 0 Å². The van der Waals surface area contributed by atoms with Gasteiger partial charge in [-0.1, -0.05) is 53.3 Å². The first-order valence-electron chi connectivity index (χ1n) is 15.3. The average molecular weight is 736 g/mol. The van der Waals surface area contributed by atoms with Crippen molar-refractivity contribution < 1.29 is 33.3 Å². The van der Waals surface area contributed by atoms with Gasteiger partial charge < -0.3 is 23.7 Å². The standard InChI is InChI=1S/C36H35BrN2O8S/c1-6-44-29-18-25(12-14-28(29)47-20-31(40)43-5)33-32(35(42)45-7-2)22(4)38-36-39(33)34(41)30(48-36)17-23-11-13-27(26(37)16-23)46-19-24-10-8-9-21(3)15-24/h8-18,33H,6-7,19-20H2,1-5H3/b30-17-/t33-/m1/s1. The SMILES string of the molecule is CCOC(=O)C1=C(C)N=c2s/c(=C\c3ccc(OCc4cccc(C)c4)c(Br)c3)c(=O)n2[C@@H]1c1ccc(OCC(=O)OC)c(OCC)c1. The van der Waals surface area contributed by atoms with E-state index in [1.807, 2.05) is 50.2 Å². The normalized spacial score (nSPS) is 14.2. The minimum Gasteiger partial charge on any atom is -0.490 e. The first kappa shape index (κ1) is 34.6. The first-order valence-corrected chi connectivity index (χ1v) is 16.9. The Morgan fingerprint density at radius 3 is 2.46 bits per heavy atom. The van der Waals surface area contributed by atoms with Gasteiger partial charge in [-0.15, -0.1) is 0 Å². The number of aromatic nitrogens is 1. The van der Waals surface area contributed by atoms with Gasteiger partial charge in [-0.2, -0.15) is 0 Å². The molecule has 1 aliphatic heterocycles. The maximum atomic E-state index is 14.1. The van der Waals surface area contributed by atoms with Crippen LogP contribution in [0.5, 0.6) is 17.2 Å². The summed E-state index contributed by atoms with van der Waals surface area (Å²) in [5.41, 5.74) is 3.93. The molecule has 48 heavy (non-hydrogen) atoms. The van der Waals surface area contributed by atoms with Crippen LogP contribution in [0.25, 0.3) is 6.08 Å². The molecule has 250 valence electrons. The third-order valence-electron chi connectivity index (χ3n) is 7.40. The highest BCUT2D eigenvalue weighted by Crippen LogP contribution is 2.36. The van der Waals surface area contributed by atoms with Gasteiger partial charge in [0.2, 0.25) is 0 Å². The van der Waals surface area contributed by atoms with Crippen molar-refractivity contribution in [1.29, 1.82) is 0 Å². The fourth-order valence-electron chi connectivity index (χ4n) is 5.22. The van der Waals surface area contributed by atoms with Crippen LogP contribution >= 0.6 is 27.3 Å². The maximum absolute atomic E-state index is 14.1.